The zero-order valence-electron chi connectivity index (χ0n) is 15.0. The first-order valence-corrected chi connectivity index (χ1v) is 8.55. The van der Waals surface area contributed by atoms with Crippen molar-refractivity contribution in [2.75, 3.05) is 33.4 Å². The van der Waals surface area contributed by atoms with Crippen LogP contribution in [0.5, 0.6) is 5.75 Å². The molecule has 0 unspecified atom stereocenters. The van der Waals surface area contributed by atoms with Crippen molar-refractivity contribution in [3.05, 3.63) is 29.8 Å². The maximum absolute atomic E-state index is 12.3. The lowest BCUT2D eigenvalue weighted by atomic mass is 10.0. The number of piperidine rings is 1. The van der Waals surface area contributed by atoms with Gasteiger partial charge in [-0.05, 0) is 44.0 Å². The van der Waals surface area contributed by atoms with E-state index >= 15 is 0 Å². The lowest BCUT2D eigenvalue weighted by Crippen LogP contribution is -2.47. The molecule has 1 N–H and O–H groups in total. The minimum absolute atomic E-state index is 0.0181. The lowest BCUT2D eigenvalue weighted by molar-refractivity contribution is -0.136. The van der Waals surface area contributed by atoms with Crippen LogP contribution in [0.3, 0.4) is 0 Å². The molecule has 8 nitrogen and oxygen atoms in total. The van der Waals surface area contributed by atoms with E-state index in [1.807, 2.05) is 0 Å². The highest BCUT2D eigenvalue weighted by atomic mass is 16.7. The molecule has 1 aromatic rings. The number of carbonyl (C=O) groups excluding carboxylic acids is 3. The topological polar surface area (TPSA) is 94.2 Å². The van der Waals surface area contributed by atoms with Crippen molar-refractivity contribution in [2.24, 2.45) is 0 Å². The second kappa shape index (κ2) is 9.76. The highest BCUT2D eigenvalue weighted by Gasteiger charge is 2.24. The van der Waals surface area contributed by atoms with Gasteiger partial charge in [-0.3, -0.25) is 9.59 Å². The summed E-state index contributed by atoms with van der Waals surface area (Å²) in [5, 5.41) is 2.97. The van der Waals surface area contributed by atoms with E-state index in [9.17, 15) is 14.4 Å². The van der Waals surface area contributed by atoms with Crippen molar-refractivity contribution in [3.63, 3.8) is 0 Å². The second-order valence-corrected chi connectivity index (χ2v) is 5.87. The van der Waals surface area contributed by atoms with E-state index in [0.29, 0.717) is 37.2 Å². The van der Waals surface area contributed by atoms with Gasteiger partial charge in [-0.25, -0.2) is 4.79 Å². The molecule has 0 radical (unpaired) electrons. The Morgan fingerprint density at radius 3 is 2.38 bits per heavy atom. The van der Waals surface area contributed by atoms with E-state index in [0.717, 1.165) is 0 Å². The van der Waals surface area contributed by atoms with Gasteiger partial charge in [-0.15, -0.1) is 0 Å². The first-order valence-electron chi connectivity index (χ1n) is 8.55. The van der Waals surface area contributed by atoms with Gasteiger partial charge < -0.3 is 24.4 Å². The van der Waals surface area contributed by atoms with Crippen LogP contribution in [0.25, 0.3) is 0 Å². The van der Waals surface area contributed by atoms with Gasteiger partial charge in [0.15, 0.2) is 0 Å². The average Bonchev–Trinajstić information content (AvgIpc) is 2.63. The molecule has 26 heavy (non-hydrogen) atoms. The standard InChI is InChI=1S/C18H24N2O6/c1-3-25-18(23)26-15-6-4-13(5-7-15)17(22)19-14-8-10-20(11-9-14)16(21)12-24-2/h4-7,14H,3,8-12H2,1-2H3,(H,19,22). The van der Waals surface area contributed by atoms with E-state index < -0.39 is 6.16 Å². The highest BCUT2D eigenvalue weighted by molar-refractivity contribution is 5.94. The van der Waals surface area contributed by atoms with Gasteiger partial charge in [-0.1, -0.05) is 0 Å². The fourth-order valence-electron chi connectivity index (χ4n) is 2.67. The average molecular weight is 364 g/mol. The molecule has 1 fully saturated rings. The minimum atomic E-state index is -0.778. The quantitative estimate of drug-likeness (QED) is 0.608. The fourth-order valence-corrected chi connectivity index (χ4v) is 2.67. The molecule has 0 bridgehead atoms. The Bertz CT molecular complexity index is 623. The van der Waals surface area contributed by atoms with E-state index in [2.05, 4.69) is 10.1 Å². The first kappa shape index (κ1) is 19.7. The molecule has 0 spiro atoms. The summed E-state index contributed by atoms with van der Waals surface area (Å²) in [5.74, 6) is 0.0776. The van der Waals surface area contributed by atoms with Crippen LogP contribution in [-0.4, -0.2) is 62.3 Å². The smallest absolute Gasteiger partial charge is 0.434 e. The molecule has 1 heterocycles. The maximum atomic E-state index is 12.3. The number of likely N-dealkylation sites (tertiary alicyclic amines) is 1. The van der Waals surface area contributed by atoms with Gasteiger partial charge in [-0.2, -0.15) is 0 Å². The largest absolute Gasteiger partial charge is 0.513 e. The number of ether oxygens (including phenoxy) is 3. The predicted octanol–water partition coefficient (Wildman–Crippen LogP) is 1.59. The molecule has 0 atom stereocenters. The number of methoxy groups -OCH3 is 1. The van der Waals surface area contributed by atoms with Crippen LogP contribution in [0.2, 0.25) is 0 Å². The molecule has 1 saturated heterocycles. The molecule has 0 aromatic heterocycles. The third-order valence-corrected chi connectivity index (χ3v) is 4.03. The lowest BCUT2D eigenvalue weighted by Gasteiger charge is -2.32. The second-order valence-electron chi connectivity index (χ2n) is 5.87. The van der Waals surface area contributed by atoms with Gasteiger partial charge in [0.25, 0.3) is 5.91 Å². The van der Waals surface area contributed by atoms with E-state index in [1.165, 1.54) is 19.2 Å². The van der Waals surface area contributed by atoms with E-state index in [-0.39, 0.29) is 31.1 Å². The summed E-state index contributed by atoms with van der Waals surface area (Å²) >= 11 is 0. The number of hydrogen-bond acceptors (Lipinski definition) is 6. The van der Waals surface area contributed by atoms with Crippen molar-refractivity contribution in [2.45, 2.75) is 25.8 Å². The number of nitrogens with one attached hydrogen (secondary N) is 1. The summed E-state index contributed by atoms with van der Waals surface area (Å²) in [6.07, 6.45) is 0.621. The Hall–Kier alpha value is -2.61. The Morgan fingerprint density at radius 2 is 1.81 bits per heavy atom. The molecule has 1 aliphatic rings. The molecular formula is C18H24N2O6. The summed E-state index contributed by atoms with van der Waals surface area (Å²) in [7, 11) is 1.49. The van der Waals surface area contributed by atoms with Crippen LogP contribution in [0.1, 0.15) is 30.1 Å². The molecule has 1 aromatic carbocycles. The number of benzene rings is 1. The molecule has 1 aliphatic heterocycles. The summed E-state index contributed by atoms with van der Waals surface area (Å²) in [4.78, 5) is 37.1. The van der Waals surface area contributed by atoms with Crippen molar-refractivity contribution in [1.82, 2.24) is 10.2 Å². The Kier molecular flexibility index (Phi) is 7.40. The third kappa shape index (κ3) is 5.73. The van der Waals surface area contributed by atoms with Crippen LogP contribution in [0, 0.1) is 0 Å². The molecule has 8 heteroatoms. The Labute approximate surface area is 152 Å². The monoisotopic (exact) mass is 364 g/mol. The number of hydrogen-bond donors (Lipinski definition) is 1. The molecule has 2 rings (SSSR count). The van der Waals surface area contributed by atoms with Crippen molar-refractivity contribution >= 4 is 18.0 Å². The molecule has 142 valence electrons. The third-order valence-electron chi connectivity index (χ3n) is 4.03. The van der Waals surface area contributed by atoms with Crippen molar-refractivity contribution in [3.8, 4) is 5.75 Å². The van der Waals surface area contributed by atoms with Gasteiger partial charge in [0.05, 0.1) is 6.61 Å². The predicted molar refractivity (Wildman–Crippen MR) is 93.0 cm³/mol. The number of rotatable bonds is 6. The molecule has 2 amide bonds. The zero-order chi connectivity index (χ0) is 18.9. The van der Waals surface area contributed by atoms with Crippen LogP contribution in [0.15, 0.2) is 24.3 Å². The van der Waals surface area contributed by atoms with Gasteiger partial charge >= 0.3 is 6.16 Å². The zero-order valence-corrected chi connectivity index (χ0v) is 15.0. The normalized spacial score (nSPS) is 14.6. The number of nitrogens with zero attached hydrogens (tertiary/aromatic N) is 1. The molecular weight excluding hydrogens is 340 g/mol. The van der Waals surface area contributed by atoms with Crippen molar-refractivity contribution in [1.29, 1.82) is 0 Å². The van der Waals surface area contributed by atoms with Gasteiger partial charge in [0.2, 0.25) is 5.91 Å². The maximum Gasteiger partial charge on any atom is 0.513 e. The van der Waals surface area contributed by atoms with Crippen molar-refractivity contribution < 1.29 is 28.6 Å². The number of amides is 2. The van der Waals surface area contributed by atoms with E-state index in [1.54, 1.807) is 24.0 Å². The summed E-state index contributed by atoms with van der Waals surface area (Å²) in [6, 6.07) is 6.27. The summed E-state index contributed by atoms with van der Waals surface area (Å²) in [6.45, 7) is 3.19. The SMILES string of the molecule is CCOC(=O)Oc1ccc(C(=O)NC2CCN(C(=O)COC)CC2)cc1. The van der Waals surface area contributed by atoms with Crippen LogP contribution >= 0.6 is 0 Å². The van der Waals surface area contributed by atoms with Crippen LogP contribution in [-0.2, 0) is 14.3 Å². The Morgan fingerprint density at radius 1 is 1.15 bits per heavy atom. The summed E-state index contributed by atoms with van der Waals surface area (Å²) in [5.41, 5.74) is 0.471. The minimum Gasteiger partial charge on any atom is -0.434 e. The number of carbonyl (C=O) groups is 3. The van der Waals surface area contributed by atoms with Gasteiger partial charge in [0, 0.05) is 31.8 Å². The van der Waals surface area contributed by atoms with Gasteiger partial charge in [0.1, 0.15) is 12.4 Å². The fraction of sp³-hybridized carbons (Fsp3) is 0.500. The van der Waals surface area contributed by atoms with E-state index in [4.69, 9.17) is 9.47 Å². The molecule has 0 saturated carbocycles. The first-order chi connectivity index (χ1) is 12.5. The van der Waals surface area contributed by atoms with Crippen LogP contribution < -0.4 is 10.1 Å². The highest BCUT2D eigenvalue weighted by Crippen LogP contribution is 2.15. The molecule has 0 aliphatic carbocycles. The summed E-state index contributed by atoms with van der Waals surface area (Å²) < 4.78 is 14.5. The Balaban J connectivity index is 1.81. The van der Waals surface area contributed by atoms with Crippen LogP contribution in [0.4, 0.5) is 4.79 Å².